The number of carbonyl (C=O) groups excluding carboxylic acids is 1. The molecule has 4 heteroatoms. The molecule has 0 spiro atoms. The van der Waals surface area contributed by atoms with Crippen molar-refractivity contribution in [3.8, 4) is 11.8 Å². The number of benzene rings is 2. The molecule has 0 heterocycles. The minimum absolute atomic E-state index is 0.336. The van der Waals surface area contributed by atoms with Gasteiger partial charge in [-0.05, 0) is 35.9 Å². The quantitative estimate of drug-likeness (QED) is 0.633. The van der Waals surface area contributed by atoms with E-state index in [0.717, 1.165) is 5.56 Å². The zero-order chi connectivity index (χ0) is 13.7. The van der Waals surface area contributed by atoms with Crippen molar-refractivity contribution in [3.05, 3.63) is 64.7 Å². The number of carbonyl (C=O) groups is 1. The standard InChI is InChI=1S/C15H10ClNO2/c16-13-3-1-2-12(10-13)15(18)19-14-6-4-11(5-7-14)8-9-17/h1-7,10H,8H2. The van der Waals surface area contributed by atoms with Crippen LogP contribution in [0.1, 0.15) is 15.9 Å². The topological polar surface area (TPSA) is 50.1 Å². The van der Waals surface area contributed by atoms with Crippen LogP contribution in [0.15, 0.2) is 48.5 Å². The van der Waals surface area contributed by atoms with Crippen LogP contribution in [-0.4, -0.2) is 5.97 Å². The van der Waals surface area contributed by atoms with Crippen LogP contribution < -0.4 is 4.74 Å². The van der Waals surface area contributed by atoms with E-state index in [9.17, 15) is 4.79 Å². The molecule has 0 N–H and O–H groups in total. The molecule has 0 atom stereocenters. The van der Waals surface area contributed by atoms with Crippen molar-refractivity contribution in [1.82, 2.24) is 0 Å². The monoisotopic (exact) mass is 271 g/mol. The highest BCUT2D eigenvalue weighted by Gasteiger charge is 2.08. The molecule has 19 heavy (non-hydrogen) atoms. The number of hydrogen-bond acceptors (Lipinski definition) is 3. The zero-order valence-corrected chi connectivity index (χ0v) is 10.7. The van der Waals surface area contributed by atoms with Crippen molar-refractivity contribution < 1.29 is 9.53 Å². The predicted molar refractivity (Wildman–Crippen MR) is 72.2 cm³/mol. The van der Waals surface area contributed by atoms with Gasteiger partial charge in [0.05, 0.1) is 18.1 Å². The van der Waals surface area contributed by atoms with Crippen LogP contribution in [0.25, 0.3) is 0 Å². The highest BCUT2D eigenvalue weighted by molar-refractivity contribution is 6.30. The lowest BCUT2D eigenvalue weighted by atomic mass is 10.1. The Kier molecular flexibility index (Phi) is 4.17. The molecule has 0 aliphatic rings. The molecule has 0 unspecified atom stereocenters. The second kappa shape index (κ2) is 6.03. The number of halogens is 1. The molecule has 0 radical (unpaired) electrons. The van der Waals surface area contributed by atoms with Gasteiger partial charge < -0.3 is 4.74 Å². The average molecular weight is 272 g/mol. The molecule has 2 rings (SSSR count). The molecule has 0 fully saturated rings. The van der Waals surface area contributed by atoms with Gasteiger partial charge in [-0.3, -0.25) is 0 Å². The summed E-state index contributed by atoms with van der Waals surface area (Å²) in [6, 6.07) is 15.5. The molecule has 0 amide bonds. The first-order valence-corrected chi connectivity index (χ1v) is 6.00. The minimum Gasteiger partial charge on any atom is -0.423 e. The smallest absolute Gasteiger partial charge is 0.343 e. The molecule has 0 bridgehead atoms. The van der Waals surface area contributed by atoms with Crippen LogP contribution in [0.4, 0.5) is 0 Å². The summed E-state index contributed by atoms with van der Waals surface area (Å²) in [5.74, 6) is -0.0257. The predicted octanol–water partition coefficient (Wildman–Crippen LogP) is 3.63. The van der Waals surface area contributed by atoms with E-state index in [1.807, 2.05) is 0 Å². The molecule has 0 saturated carbocycles. The summed E-state index contributed by atoms with van der Waals surface area (Å²) in [6.45, 7) is 0. The third-order valence-electron chi connectivity index (χ3n) is 2.48. The third kappa shape index (κ3) is 3.57. The third-order valence-corrected chi connectivity index (χ3v) is 2.71. The van der Waals surface area contributed by atoms with E-state index < -0.39 is 5.97 Å². The maximum Gasteiger partial charge on any atom is 0.343 e. The second-order valence-electron chi connectivity index (χ2n) is 3.88. The van der Waals surface area contributed by atoms with E-state index in [1.54, 1.807) is 48.5 Å². The fourth-order valence-electron chi connectivity index (χ4n) is 1.55. The first-order chi connectivity index (χ1) is 9.19. The van der Waals surface area contributed by atoms with Gasteiger partial charge in [-0.25, -0.2) is 4.79 Å². The molecule has 94 valence electrons. The Morgan fingerprint density at radius 1 is 1.21 bits per heavy atom. The largest absolute Gasteiger partial charge is 0.423 e. The van der Waals surface area contributed by atoms with Crippen LogP contribution in [0.5, 0.6) is 5.75 Å². The Morgan fingerprint density at radius 3 is 2.58 bits per heavy atom. The van der Waals surface area contributed by atoms with Gasteiger partial charge in [0.25, 0.3) is 0 Å². The van der Waals surface area contributed by atoms with Gasteiger partial charge >= 0.3 is 5.97 Å². The SMILES string of the molecule is N#CCc1ccc(OC(=O)c2cccc(Cl)c2)cc1. The summed E-state index contributed by atoms with van der Waals surface area (Å²) in [4.78, 5) is 11.8. The van der Waals surface area contributed by atoms with Crippen molar-refractivity contribution >= 4 is 17.6 Å². The van der Waals surface area contributed by atoms with Crippen molar-refractivity contribution in [2.75, 3.05) is 0 Å². The number of esters is 1. The fraction of sp³-hybridized carbons (Fsp3) is 0.0667. The molecule has 0 saturated heterocycles. The average Bonchev–Trinajstić information content (AvgIpc) is 2.41. The zero-order valence-electron chi connectivity index (χ0n) is 9.97. The Labute approximate surface area is 116 Å². The van der Waals surface area contributed by atoms with Gasteiger partial charge in [0.15, 0.2) is 0 Å². The van der Waals surface area contributed by atoms with Gasteiger partial charge in [0, 0.05) is 5.02 Å². The van der Waals surface area contributed by atoms with Crippen molar-refractivity contribution in [1.29, 1.82) is 5.26 Å². The minimum atomic E-state index is -0.462. The van der Waals surface area contributed by atoms with Crippen molar-refractivity contribution in [2.45, 2.75) is 6.42 Å². The lowest BCUT2D eigenvalue weighted by Gasteiger charge is -2.05. The molecule has 0 aliphatic carbocycles. The lowest BCUT2D eigenvalue weighted by Crippen LogP contribution is -2.08. The normalized spacial score (nSPS) is 9.68. The van der Waals surface area contributed by atoms with Crippen LogP contribution in [0, 0.1) is 11.3 Å². The fourth-order valence-corrected chi connectivity index (χ4v) is 1.74. The van der Waals surface area contributed by atoms with Gasteiger partial charge in [-0.2, -0.15) is 5.26 Å². The van der Waals surface area contributed by atoms with Crippen LogP contribution in [0.3, 0.4) is 0 Å². The maximum atomic E-state index is 11.8. The van der Waals surface area contributed by atoms with Gasteiger partial charge in [0.2, 0.25) is 0 Å². The molecule has 3 nitrogen and oxygen atoms in total. The molecule has 0 aliphatic heterocycles. The Hall–Kier alpha value is -2.31. The lowest BCUT2D eigenvalue weighted by molar-refractivity contribution is 0.0734. The number of hydrogen-bond donors (Lipinski definition) is 0. The Balaban J connectivity index is 2.09. The molecule has 2 aromatic rings. The van der Waals surface area contributed by atoms with E-state index in [1.165, 1.54) is 0 Å². The van der Waals surface area contributed by atoms with Gasteiger partial charge in [-0.1, -0.05) is 29.8 Å². The van der Waals surface area contributed by atoms with Crippen LogP contribution in [0.2, 0.25) is 5.02 Å². The summed E-state index contributed by atoms with van der Waals surface area (Å²) in [5, 5.41) is 9.05. The van der Waals surface area contributed by atoms with Crippen LogP contribution >= 0.6 is 11.6 Å². The molecule has 2 aromatic carbocycles. The molecule has 0 aromatic heterocycles. The number of nitrogens with zero attached hydrogens (tertiary/aromatic N) is 1. The van der Waals surface area contributed by atoms with E-state index in [2.05, 4.69) is 6.07 Å². The van der Waals surface area contributed by atoms with Crippen molar-refractivity contribution in [3.63, 3.8) is 0 Å². The van der Waals surface area contributed by atoms with E-state index in [-0.39, 0.29) is 0 Å². The molecular weight excluding hydrogens is 262 g/mol. The number of ether oxygens (including phenoxy) is 1. The Bertz CT molecular complexity index is 629. The van der Waals surface area contributed by atoms with E-state index in [0.29, 0.717) is 22.8 Å². The van der Waals surface area contributed by atoms with Crippen molar-refractivity contribution in [2.24, 2.45) is 0 Å². The number of nitriles is 1. The summed E-state index contributed by atoms with van der Waals surface area (Å²) in [5.41, 5.74) is 1.28. The highest BCUT2D eigenvalue weighted by Crippen LogP contribution is 2.16. The summed E-state index contributed by atoms with van der Waals surface area (Å²) < 4.78 is 5.21. The van der Waals surface area contributed by atoms with E-state index in [4.69, 9.17) is 21.6 Å². The van der Waals surface area contributed by atoms with Crippen LogP contribution in [-0.2, 0) is 6.42 Å². The summed E-state index contributed by atoms with van der Waals surface area (Å²) in [7, 11) is 0. The first-order valence-electron chi connectivity index (χ1n) is 5.62. The van der Waals surface area contributed by atoms with Gasteiger partial charge in [-0.15, -0.1) is 0 Å². The summed E-state index contributed by atoms with van der Waals surface area (Å²) >= 11 is 5.81. The summed E-state index contributed by atoms with van der Waals surface area (Å²) in [6.07, 6.45) is 0.336. The highest BCUT2D eigenvalue weighted by atomic mass is 35.5. The second-order valence-corrected chi connectivity index (χ2v) is 4.32. The van der Waals surface area contributed by atoms with E-state index >= 15 is 0 Å². The maximum absolute atomic E-state index is 11.8. The van der Waals surface area contributed by atoms with Gasteiger partial charge in [0.1, 0.15) is 5.75 Å². The first kappa shape index (κ1) is 13.1. The molecular formula is C15H10ClNO2. The number of rotatable bonds is 3. The Morgan fingerprint density at radius 2 is 1.95 bits per heavy atom.